The molecule has 3 rings (SSSR count). The highest BCUT2D eigenvalue weighted by Crippen LogP contribution is 2.38. The molecule has 0 radical (unpaired) electrons. The van der Waals surface area contributed by atoms with Crippen molar-refractivity contribution in [2.24, 2.45) is 0 Å². The zero-order valence-corrected chi connectivity index (χ0v) is 29.2. The highest BCUT2D eigenvalue weighted by atomic mass is 32.2. The minimum Gasteiger partial charge on any atom is -0.463 e. The van der Waals surface area contributed by atoms with Crippen LogP contribution in [0.25, 0.3) is 0 Å². The van der Waals surface area contributed by atoms with Crippen LogP contribution in [0.1, 0.15) is 48.5 Å². The maximum atomic E-state index is 12.3. The molecule has 0 unspecified atom stereocenters. The van der Waals surface area contributed by atoms with Crippen molar-refractivity contribution in [2.75, 3.05) is 13.2 Å². The van der Waals surface area contributed by atoms with Gasteiger partial charge in [-0.2, -0.15) is 0 Å². The van der Waals surface area contributed by atoms with E-state index in [1.54, 1.807) is 30.3 Å². The number of hydrogen-bond donors (Lipinski definition) is 0. The standard InChI is InChI=1S/C32H40O17S/c1-15(33)40-13-23-25(42-16(2)34)27(44-18(4)36)29(46-20(6)38)31(48-23)41-14-24-26(43-17(3)35)28(45-19(5)37)30(47-21(7)39)32(49-24)50-22-11-9-8-10-12-22/h8-12,23-32H,13-14H2,1-7H3/t23-,24-,25+,26+,27+,28+,29-,30-,31-,32+/m1/s1. The molecule has 0 amide bonds. The molecule has 0 N–H and O–H groups in total. The summed E-state index contributed by atoms with van der Waals surface area (Å²) in [6.07, 6.45) is -12.7. The Morgan fingerprint density at radius 1 is 0.520 bits per heavy atom. The van der Waals surface area contributed by atoms with Crippen LogP contribution in [0.15, 0.2) is 35.2 Å². The summed E-state index contributed by atoms with van der Waals surface area (Å²) in [5.41, 5.74) is -1.05. The van der Waals surface area contributed by atoms with Crippen LogP contribution in [0, 0.1) is 0 Å². The first-order valence-electron chi connectivity index (χ1n) is 15.4. The molecular formula is C32H40O17S. The number of esters is 7. The SMILES string of the molecule is CC(=O)OC[C@H]1O[C@@H](OC[C@H]2O[C@@H](Sc3ccccc3)[C@H](OC(C)=O)[C@@H](OC(C)=O)[C@H]2OC(C)=O)[C@H](OC(C)=O)[C@@H](OC(C)=O)[C@H]1OC(C)=O. The van der Waals surface area contributed by atoms with Gasteiger partial charge in [0, 0.05) is 53.4 Å². The molecule has 0 bridgehead atoms. The Balaban J connectivity index is 2.05. The molecule has 1 aromatic carbocycles. The lowest BCUT2D eigenvalue weighted by atomic mass is 9.97. The zero-order chi connectivity index (χ0) is 37.1. The van der Waals surface area contributed by atoms with Gasteiger partial charge < -0.3 is 47.4 Å². The summed E-state index contributed by atoms with van der Waals surface area (Å²) in [6, 6.07) is 8.85. The Kier molecular flexibility index (Phi) is 15.0. The lowest BCUT2D eigenvalue weighted by molar-refractivity contribution is -0.317. The Bertz CT molecular complexity index is 1390. The molecule has 10 atom stereocenters. The van der Waals surface area contributed by atoms with Gasteiger partial charge in [-0.05, 0) is 12.1 Å². The fourth-order valence-corrected chi connectivity index (χ4v) is 6.36. The minimum absolute atomic E-state index is 0.498. The summed E-state index contributed by atoms with van der Waals surface area (Å²) >= 11 is 1.12. The van der Waals surface area contributed by atoms with E-state index in [2.05, 4.69) is 0 Å². The highest BCUT2D eigenvalue weighted by Gasteiger charge is 2.55. The maximum Gasteiger partial charge on any atom is 0.303 e. The molecule has 50 heavy (non-hydrogen) atoms. The van der Waals surface area contributed by atoms with Crippen molar-refractivity contribution in [3.63, 3.8) is 0 Å². The molecule has 18 heteroatoms. The van der Waals surface area contributed by atoms with E-state index >= 15 is 0 Å². The summed E-state index contributed by atoms with van der Waals surface area (Å²) < 4.78 is 56.4. The van der Waals surface area contributed by atoms with E-state index in [9.17, 15) is 33.6 Å². The smallest absolute Gasteiger partial charge is 0.303 e. The number of ether oxygens (including phenoxy) is 10. The molecule has 276 valence electrons. The summed E-state index contributed by atoms with van der Waals surface area (Å²) in [5, 5.41) is 0. The molecule has 2 heterocycles. The normalized spacial score (nSPS) is 29.0. The maximum absolute atomic E-state index is 12.3. The first kappa shape index (κ1) is 40.2. The lowest BCUT2D eigenvalue weighted by Gasteiger charge is -2.46. The molecule has 0 aliphatic carbocycles. The van der Waals surface area contributed by atoms with Gasteiger partial charge in [0.15, 0.2) is 42.9 Å². The minimum atomic E-state index is -1.60. The number of carbonyl (C=O) groups is 7. The van der Waals surface area contributed by atoms with Crippen LogP contribution in [0.4, 0.5) is 0 Å². The summed E-state index contributed by atoms with van der Waals surface area (Å²) in [4.78, 5) is 85.7. The summed E-state index contributed by atoms with van der Waals surface area (Å²) in [6.45, 7) is 6.70. The van der Waals surface area contributed by atoms with Gasteiger partial charge in [0.1, 0.15) is 24.3 Å². The zero-order valence-electron chi connectivity index (χ0n) is 28.4. The van der Waals surface area contributed by atoms with Crippen molar-refractivity contribution in [3.8, 4) is 0 Å². The second-order valence-electron chi connectivity index (χ2n) is 11.1. The Morgan fingerprint density at radius 2 is 0.940 bits per heavy atom. The quantitative estimate of drug-likeness (QED) is 0.207. The highest BCUT2D eigenvalue weighted by molar-refractivity contribution is 7.99. The van der Waals surface area contributed by atoms with Gasteiger partial charge in [0.05, 0.1) is 6.61 Å². The third-order valence-corrected chi connectivity index (χ3v) is 8.02. The molecule has 2 saturated heterocycles. The first-order valence-corrected chi connectivity index (χ1v) is 16.2. The van der Waals surface area contributed by atoms with Crippen LogP contribution in [-0.4, -0.2) is 116 Å². The van der Waals surface area contributed by atoms with Crippen LogP contribution >= 0.6 is 11.8 Å². The van der Waals surface area contributed by atoms with Crippen LogP contribution in [0.5, 0.6) is 0 Å². The molecule has 1 aromatic rings. The van der Waals surface area contributed by atoms with Crippen LogP contribution in [0.2, 0.25) is 0 Å². The topological polar surface area (TPSA) is 212 Å². The number of thioether (sulfide) groups is 1. The number of benzene rings is 1. The van der Waals surface area contributed by atoms with E-state index in [0.29, 0.717) is 4.90 Å². The molecule has 0 aromatic heterocycles. The molecule has 0 spiro atoms. The van der Waals surface area contributed by atoms with Crippen molar-refractivity contribution < 1.29 is 80.9 Å². The summed E-state index contributed by atoms with van der Waals surface area (Å²) in [5.74, 6) is -5.54. The van der Waals surface area contributed by atoms with Crippen molar-refractivity contribution in [3.05, 3.63) is 30.3 Å². The monoisotopic (exact) mass is 728 g/mol. The molecule has 17 nitrogen and oxygen atoms in total. The van der Waals surface area contributed by atoms with Gasteiger partial charge in [-0.3, -0.25) is 33.6 Å². The number of hydrogen-bond acceptors (Lipinski definition) is 18. The van der Waals surface area contributed by atoms with Crippen molar-refractivity contribution in [2.45, 2.75) is 114 Å². The Hall–Kier alpha value is -4.26. The third kappa shape index (κ3) is 12.0. The molecule has 2 fully saturated rings. The van der Waals surface area contributed by atoms with Crippen LogP contribution in [0.3, 0.4) is 0 Å². The van der Waals surface area contributed by atoms with Gasteiger partial charge in [-0.1, -0.05) is 30.0 Å². The molecular weight excluding hydrogens is 688 g/mol. The predicted molar refractivity (Wildman–Crippen MR) is 166 cm³/mol. The van der Waals surface area contributed by atoms with Crippen molar-refractivity contribution in [1.82, 2.24) is 0 Å². The fourth-order valence-electron chi connectivity index (χ4n) is 5.23. The van der Waals surface area contributed by atoms with Crippen LogP contribution in [-0.2, 0) is 80.9 Å². The fraction of sp³-hybridized carbons (Fsp3) is 0.594. The molecule has 0 saturated carbocycles. The average Bonchev–Trinajstić information content (AvgIpc) is 3.00. The van der Waals surface area contributed by atoms with Gasteiger partial charge in [-0.15, -0.1) is 0 Å². The first-order chi connectivity index (χ1) is 23.5. The van der Waals surface area contributed by atoms with Gasteiger partial charge in [-0.25, -0.2) is 0 Å². The second-order valence-corrected chi connectivity index (χ2v) is 12.3. The molecule has 2 aliphatic rings. The van der Waals surface area contributed by atoms with Crippen molar-refractivity contribution in [1.29, 1.82) is 0 Å². The third-order valence-electron chi connectivity index (χ3n) is 6.87. The Morgan fingerprint density at radius 3 is 1.42 bits per heavy atom. The largest absolute Gasteiger partial charge is 0.463 e. The van der Waals surface area contributed by atoms with Crippen molar-refractivity contribution >= 4 is 53.5 Å². The number of rotatable bonds is 13. The van der Waals surface area contributed by atoms with E-state index in [0.717, 1.165) is 60.2 Å². The van der Waals surface area contributed by atoms with E-state index in [-0.39, 0.29) is 0 Å². The van der Waals surface area contributed by atoms with E-state index in [1.807, 2.05) is 0 Å². The lowest BCUT2D eigenvalue weighted by Crippen LogP contribution is -2.64. The van der Waals surface area contributed by atoms with E-state index < -0.39 is 116 Å². The Labute approximate surface area is 291 Å². The van der Waals surface area contributed by atoms with Gasteiger partial charge in [0.2, 0.25) is 0 Å². The van der Waals surface area contributed by atoms with E-state index in [4.69, 9.17) is 47.4 Å². The average molecular weight is 729 g/mol. The van der Waals surface area contributed by atoms with E-state index in [1.165, 1.54) is 0 Å². The summed E-state index contributed by atoms with van der Waals surface area (Å²) in [7, 11) is 0. The predicted octanol–water partition coefficient (Wildman–Crippen LogP) is 1.40. The van der Waals surface area contributed by atoms with Crippen LogP contribution < -0.4 is 0 Å². The van der Waals surface area contributed by atoms with Gasteiger partial charge in [0.25, 0.3) is 0 Å². The molecule has 2 aliphatic heterocycles. The van der Waals surface area contributed by atoms with Gasteiger partial charge >= 0.3 is 41.8 Å². The second kappa shape index (κ2) is 18.7. The number of carbonyl (C=O) groups excluding carboxylic acids is 7.